The van der Waals surface area contributed by atoms with Gasteiger partial charge < -0.3 is 5.11 Å². The van der Waals surface area contributed by atoms with Gasteiger partial charge in [0.1, 0.15) is 0 Å². The van der Waals surface area contributed by atoms with Gasteiger partial charge in [-0.2, -0.15) is 0 Å². The lowest BCUT2D eigenvalue weighted by Gasteiger charge is -2.02. The second kappa shape index (κ2) is 3.17. The molecule has 0 aliphatic rings. The third-order valence-corrected chi connectivity index (χ3v) is 2.67. The van der Waals surface area contributed by atoms with E-state index in [-0.39, 0.29) is 6.10 Å². The third kappa shape index (κ3) is 1.39. The van der Waals surface area contributed by atoms with E-state index in [1.807, 2.05) is 12.3 Å². The van der Waals surface area contributed by atoms with Crippen molar-refractivity contribution in [3.05, 3.63) is 21.9 Å². The van der Waals surface area contributed by atoms with E-state index in [0.29, 0.717) is 0 Å². The molecule has 0 radical (unpaired) electrons. The smallest absolute Gasteiger partial charge is 0.0856 e. The summed E-state index contributed by atoms with van der Waals surface area (Å²) >= 11 is 1.63. The number of rotatable bonds is 2. The van der Waals surface area contributed by atoms with Crippen LogP contribution < -0.4 is 0 Å². The van der Waals surface area contributed by atoms with E-state index in [4.69, 9.17) is 0 Å². The van der Waals surface area contributed by atoms with Crippen LogP contribution in [0.15, 0.2) is 11.4 Å². The van der Waals surface area contributed by atoms with Gasteiger partial charge in [0.25, 0.3) is 0 Å². The fraction of sp³-hybridized carbons (Fsp3) is 0.500. The zero-order valence-electron chi connectivity index (χ0n) is 6.29. The van der Waals surface area contributed by atoms with Crippen molar-refractivity contribution in [2.75, 3.05) is 0 Å². The molecule has 1 atom stereocenters. The van der Waals surface area contributed by atoms with Gasteiger partial charge in [0.2, 0.25) is 0 Å². The predicted molar refractivity (Wildman–Crippen MR) is 44.3 cm³/mol. The van der Waals surface area contributed by atoms with Crippen molar-refractivity contribution < 1.29 is 5.11 Å². The van der Waals surface area contributed by atoms with Crippen LogP contribution in [0.25, 0.3) is 0 Å². The summed E-state index contributed by atoms with van der Waals surface area (Å²) in [6, 6.07) is 2.08. The van der Waals surface area contributed by atoms with Crippen LogP contribution in [0, 0.1) is 0 Å². The zero-order valence-corrected chi connectivity index (χ0v) is 7.11. The molecular weight excluding hydrogens is 144 g/mol. The van der Waals surface area contributed by atoms with E-state index in [0.717, 1.165) is 11.3 Å². The molecule has 0 bridgehead atoms. The lowest BCUT2D eigenvalue weighted by atomic mass is 10.1. The summed E-state index contributed by atoms with van der Waals surface area (Å²) in [6.45, 7) is 3.92. The number of hydrogen-bond acceptors (Lipinski definition) is 2. The Morgan fingerprint density at radius 1 is 1.70 bits per heavy atom. The molecule has 0 spiro atoms. The molecule has 0 fully saturated rings. The Labute approximate surface area is 65.3 Å². The molecule has 1 rings (SSSR count). The zero-order chi connectivity index (χ0) is 7.56. The van der Waals surface area contributed by atoms with Gasteiger partial charge in [-0.15, -0.1) is 11.3 Å². The molecule has 0 aliphatic heterocycles. The van der Waals surface area contributed by atoms with Gasteiger partial charge in [0.05, 0.1) is 6.10 Å². The largest absolute Gasteiger partial charge is 0.388 e. The van der Waals surface area contributed by atoms with Gasteiger partial charge in [0, 0.05) is 4.88 Å². The monoisotopic (exact) mass is 156 g/mol. The lowest BCUT2D eigenvalue weighted by molar-refractivity contribution is 0.202. The van der Waals surface area contributed by atoms with E-state index in [1.54, 1.807) is 11.3 Å². The van der Waals surface area contributed by atoms with Gasteiger partial charge in [-0.05, 0) is 30.4 Å². The Balaban J connectivity index is 2.90. The molecule has 1 aromatic heterocycles. The van der Waals surface area contributed by atoms with Crippen LogP contribution in [-0.4, -0.2) is 5.11 Å². The van der Waals surface area contributed by atoms with Crippen LogP contribution >= 0.6 is 11.3 Å². The molecule has 0 saturated heterocycles. The van der Waals surface area contributed by atoms with Crippen LogP contribution in [0.2, 0.25) is 0 Å². The van der Waals surface area contributed by atoms with Gasteiger partial charge >= 0.3 is 0 Å². The summed E-state index contributed by atoms with van der Waals surface area (Å²) < 4.78 is 0. The minimum atomic E-state index is -0.296. The standard InChI is InChI=1S/C8H12OS/c1-3-7-4-5-10-8(7)6(2)9/h4-6,9H,3H2,1-2H3/t6-/m0/s1. The first-order valence-electron chi connectivity index (χ1n) is 3.50. The van der Waals surface area contributed by atoms with Crippen molar-refractivity contribution in [3.63, 3.8) is 0 Å². The van der Waals surface area contributed by atoms with E-state index < -0.39 is 0 Å². The van der Waals surface area contributed by atoms with E-state index in [9.17, 15) is 5.11 Å². The molecule has 0 unspecified atom stereocenters. The summed E-state index contributed by atoms with van der Waals surface area (Å²) in [5, 5.41) is 11.3. The van der Waals surface area contributed by atoms with E-state index in [1.165, 1.54) is 5.56 Å². The molecule has 10 heavy (non-hydrogen) atoms. The Morgan fingerprint density at radius 2 is 2.40 bits per heavy atom. The summed E-state index contributed by atoms with van der Waals surface area (Å²) in [4.78, 5) is 1.11. The van der Waals surface area contributed by atoms with Crippen LogP contribution in [0.4, 0.5) is 0 Å². The van der Waals surface area contributed by atoms with Crippen molar-refractivity contribution >= 4 is 11.3 Å². The minimum absolute atomic E-state index is 0.296. The molecule has 0 aromatic carbocycles. The maximum Gasteiger partial charge on any atom is 0.0856 e. The Kier molecular flexibility index (Phi) is 2.46. The second-order valence-corrected chi connectivity index (χ2v) is 3.29. The van der Waals surface area contributed by atoms with Crippen LogP contribution in [0.5, 0.6) is 0 Å². The van der Waals surface area contributed by atoms with Crippen molar-refractivity contribution in [1.82, 2.24) is 0 Å². The molecule has 1 N–H and O–H groups in total. The van der Waals surface area contributed by atoms with Crippen LogP contribution in [-0.2, 0) is 6.42 Å². The average Bonchev–Trinajstić information content (AvgIpc) is 2.33. The molecule has 1 nitrogen and oxygen atoms in total. The predicted octanol–water partition coefficient (Wildman–Crippen LogP) is 2.36. The molecule has 0 amide bonds. The average molecular weight is 156 g/mol. The number of aliphatic hydroxyl groups is 1. The first-order chi connectivity index (χ1) is 4.75. The first-order valence-corrected chi connectivity index (χ1v) is 4.38. The highest BCUT2D eigenvalue weighted by Crippen LogP contribution is 2.23. The van der Waals surface area contributed by atoms with Gasteiger partial charge in [-0.1, -0.05) is 6.92 Å². The number of hydrogen-bond donors (Lipinski definition) is 1. The second-order valence-electron chi connectivity index (χ2n) is 2.34. The third-order valence-electron chi connectivity index (χ3n) is 1.54. The normalized spacial score (nSPS) is 13.5. The highest BCUT2D eigenvalue weighted by atomic mass is 32.1. The first kappa shape index (κ1) is 7.76. The summed E-state index contributed by atoms with van der Waals surface area (Å²) in [6.07, 6.45) is 0.721. The Bertz CT molecular complexity index is 203. The maximum absolute atomic E-state index is 9.23. The van der Waals surface area contributed by atoms with E-state index in [2.05, 4.69) is 13.0 Å². The number of aryl methyl sites for hydroxylation is 1. The van der Waals surface area contributed by atoms with Crippen LogP contribution in [0.1, 0.15) is 30.4 Å². The van der Waals surface area contributed by atoms with Gasteiger partial charge in [-0.25, -0.2) is 0 Å². The summed E-state index contributed by atoms with van der Waals surface area (Å²) in [5.41, 5.74) is 1.28. The van der Waals surface area contributed by atoms with Crippen molar-refractivity contribution in [3.8, 4) is 0 Å². The van der Waals surface area contributed by atoms with Crippen molar-refractivity contribution in [2.24, 2.45) is 0 Å². The maximum atomic E-state index is 9.23. The minimum Gasteiger partial charge on any atom is -0.388 e. The summed E-state index contributed by atoms with van der Waals surface area (Å²) in [5.74, 6) is 0. The molecule has 56 valence electrons. The van der Waals surface area contributed by atoms with E-state index >= 15 is 0 Å². The van der Waals surface area contributed by atoms with Gasteiger partial charge in [-0.3, -0.25) is 0 Å². The highest BCUT2D eigenvalue weighted by Gasteiger charge is 2.06. The molecule has 1 heterocycles. The SMILES string of the molecule is CCc1ccsc1[C@H](C)O. The fourth-order valence-corrected chi connectivity index (χ4v) is 1.95. The molecule has 0 saturated carbocycles. The number of thiophene rings is 1. The molecular formula is C8H12OS. The van der Waals surface area contributed by atoms with Crippen molar-refractivity contribution in [1.29, 1.82) is 0 Å². The van der Waals surface area contributed by atoms with Gasteiger partial charge in [0.15, 0.2) is 0 Å². The Morgan fingerprint density at radius 3 is 2.80 bits per heavy atom. The molecule has 2 heteroatoms. The van der Waals surface area contributed by atoms with Crippen LogP contribution in [0.3, 0.4) is 0 Å². The fourth-order valence-electron chi connectivity index (χ4n) is 1.01. The highest BCUT2D eigenvalue weighted by molar-refractivity contribution is 7.10. The molecule has 0 aliphatic carbocycles. The topological polar surface area (TPSA) is 20.2 Å². The Hall–Kier alpha value is -0.340. The molecule has 1 aromatic rings. The quantitative estimate of drug-likeness (QED) is 0.697. The van der Waals surface area contributed by atoms with Crippen molar-refractivity contribution in [2.45, 2.75) is 26.4 Å². The summed E-state index contributed by atoms with van der Waals surface area (Å²) in [7, 11) is 0. The number of aliphatic hydroxyl groups excluding tert-OH is 1. The lowest BCUT2D eigenvalue weighted by Crippen LogP contribution is -1.90.